The van der Waals surface area contributed by atoms with Crippen LogP contribution in [0, 0.1) is 6.92 Å². The fraction of sp³-hybridized carbons (Fsp3) is 0.417. The standard InChI is InChI=1S/C12H14O4/c1-8-2-4-9(5-3-8)12-15-7-10(16-12)6-11(13)14/h2-5,10,12H,6-7H2,1H3,(H,13,14). The van der Waals surface area contributed by atoms with E-state index in [0.29, 0.717) is 6.61 Å². The molecule has 0 aromatic heterocycles. The van der Waals surface area contributed by atoms with Gasteiger partial charge in [-0.15, -0.1) is 0 Å². The third kappa shape index (κ3) is 2.59. The van der Waals surface area contributed by atoms with Crippen LogP contribution in [-0.4, -0.2) is 23.8 Å². The molecule has 4 heteroatoms. The summed E-state index contributed by atoms with van der Waals surface area (Å²) in [5, 5.41) is 8.63. The maximum absolute atomic E-state index is 10.5. The highest BCUT2D eigenvalue weighted by atomic mass is 16.7. The van der Waals surface area contributed by atoms with E-state index in [2.05, 4.69) is 0 Å². The van der Waals surface area contributed by atoms with Crippen LogP contribution in [0.15, 0.2) is 24.3 Å². The minimum absolute atomic E-state index is 0.0115. The number of hydrogen-bond donors (Lipinski definition) is 1. The molecule has 1 aromatic rings. The van der Waals surface area contributed by atoms with Gasteiger partial charge < -0.3 is 14.6 Å². The first kappa shape index (κ1) is 11.1. The molecule has 1 aliphatic heterocycles. The average molecular weight is 222 g/mol. The van der Waals surface area contributed by atoms with Gasteiger partial charge in [-0.2, -0.15) is 0 Å². The summed E-state index contributed by atoms with van der Waals surface area (Å²) in [4.78, 5) is 10.5. The van der Waals surface area contributed by atoms with E-state index in [9.17, 15) is 4.79 Å². The molecule has 0 amide bonds. The van der Waals surface area contributed by atoms with Crippen LogP contribution in [0.3, 0.4) is 0 Å². The zero-order valence-corrected chi connectivity index (χ0v) is 9.05. The molecule has 1 saturated heterocycles. The molecule has 0 spiro atoms. The summed E-state index contributed by atoms with van der Waals surface area (Å²) < 4.78 is 10.9. The van der Waals surface area contributed by atoms with Gasteiger partial charge in [0.2, 0.25) is 0 Å². The first-order valence-corrected chi connectivity index (χ1v) is 5.20. The molecular weight excluding hydrogens is 208 g/mol. The molecule has 16 heavy (non-hydrogen) atoms. The lowest BCUT2D eigenvalue weighted by molar-refractivity contribution is -0.140. The molecular formula is C12H14O4. The summed E-state index contributed by atoms with van der Waals surface area (Å²) in [5.74, 6) is -0.863. The number of carboxylic acid groups (broad SMARTS) is 1. The quantitative estimate of drug-likeness (QED) is 0.848. The van der Waals surface area contributed by atoms with E-state index in [1.807, 2.05) is 31.2 Å². The van der Waals surface area contributed by atoms with Crippen LogP contribution in [0.4, 0.5) is 0 Å². The van der Waals surface area contributed by atoms with Crippen molar-refractivity contribution in [3.8, 4) is 0 Å². The van der Waals surface area contributed by atoms with E-state index in [1.165, 1.54) is 5.56 Å². The van der Waals surface area contributed by atoms with Crippen molar-refractivity contribution in [1.82, 2.24) is 0 Å². The highest BCUT2D eigenvalue weighted by Crippen LogP contribution is 2.28. The Balaban J connectivity index is 1.98. The lowest BCUT2D eigenvalue weighted by atomic mass is 10.1. The molecule has 2 unspecified atom stereocenters. The molecule has 1 N–H and O–H groups in total. The number of ether oxygens (including phenoxy) is 2. The maximum Gasteiger partial charge on any atom is 0.306 e. The summed E-state index contributed by atoms with van der Waals surface area (Å²) in [6.45, 7) is 2.35. The molecule has 2 rings (SSSR count). The number of carboxylic acids is 1. The predicted octanol–water partition coefficient (Wildman–Crippen LogP) is 1.88. The number of rotatable bonds is 3. The Morgan fingerprint density at radius 3 is 2.75 bits per heavy atom. The topological polar surface area (TPSA) is 55.8 Å². The first-order chi connectivity index (χ1) is 7.65. The highest BCUT2D eigenvalue weighted by molar-refractivity contribution is 5.67. The van der Waals surface area contributed by atoms with Gasteiger partial charge in [-0.25, -0.2) is 0 Å². The van der Waals surface area contributed by atoms with Crippen molar-refractivity contribution < 1.29 is 19.4 Å². The molecule has 2 atom stereocenters. The summed E-state index contributed by atoms with van der Waals surface area (Å²) >= 11 is 0. The average Bonchev–Trinajstić information content (AvgIpc) is 2.66. The Morgan fingerprint density at radius 1 is 1.44 bits per heavy atom. The van der Waals surface area contributed by atoms with Crippen molar-refractivity contribution in [2.45, 2.75) is 25.7 Å². The SMILES string of the molecule is Cc1ccc(C2OCC(CC(=O)O)O2)cc1. The summed E-state index contributed by atoms with van der Waals surface area (Å²) in [6.07, 6.45) is -0.781. The molecule has 0 saturated carbocycles. The summed E-state index contributed by atoms with van der Waals surface area (Å²) in [5.41, 5.74) is 2.10. The zero-order valence-electron chi connectivity index (χ0n) is 9.05. The number of benzene rings is 1. The summed E-state index contributed by atoms with van der Waals surface area (Å²) in [7, 11) is 0. The predicted molar refractivity (Wildman–Crippen MR) is 57.0 cm³/mol. The molecule has 1 aliphatic rings. The van der Waals surface area contributed by atoms with Crippen LogP contribution in [0.1, 0.15) is 23.8 Å². The molecule has 86 valence electrons. The van der Waals surface area contributed by atoms with Gasteiger partial charge in [-0.1, -0.05) is 29.8 Å². The third-order valence-corrected chi connectivity index (χ3v) is 2.50. The second-order valence-corrected chi connectivity index (χ2v) is 3.93. The van der Waals surface area contributed by atoms with Crippen molar-refractivity contribution in [2.75, 3.05) is 6.61 Å². The monoisotopic (exact) mass is 222 g/mol. The molecule has 4 nitrogen and oxygen atoms in total. The Morgan fingerprint density at radius 2 is 2.12 bits per heavy atom. The smallest absolute Gasteiger partial charge is 0.306 e. The number of aryl methyl sites for hydroxylation is 1. The normalized spacial score (nSPS) is 24.6. The van der Waals surface area contributed by atoms with Crippen LogP contribution in [0.25, 0.3) is 0 Å². The lowest BCUT2D eigenvalue weighted by Crippen LogP contribution is -2.15. The Bertz CT molecular complexity index is 371. The summed E-state index contributed by atoms with van der Waals surface area (Å²) in [6, 6.07) is 7.82. The Labute approximate surface area is 93.8 Å². The molecule has 0 radical (unpaired) electrons. The van der Waals surface area contributed by atoms with Gasteiger partial charge in [0.25, 0.3) is 0 Å². The molecule has 1 aromatic carbocycles. The fourth-order valence-electron chi connectivity index (χ4n) is 1.65. The fourth-order valence-corrected chi connectivity index (χ4v) is 1.65. The van der Waals surface area contributed by atoms with Crippen LogP contribution in [0.2, 0.25) is 0 Å². The van der Waals surface area contributed by atoms with Gasteiger partial charge >= 0.3 is 5.97 Å². The minimum Gasteiger partial charge on any atom is -0.481 e. The number of hydrogen-bond acceptors (Lipinski definition) is 3. The molecule has 1 fully saturated rings. The van der Waals surface area contributed by atoms with E-state index >= 15 is 0 Å². The van der Waals surface area contributed by atoms with Crippen molar-refractivity contribution in [3.05, 3.63) is 35.4 Å². The Hall–Kier alpha value is -1.39. The number of carbonyl (C=O) groups is 1. The van der Waals surface area contributed by atoms with E-state index < -0.39 is 12.3 Å². The van der Waals surface area contributed by atoms with Crippen LogP contribution in [0.5, 0.6) is 0 Å². The van der Waals surface area contributed by atoms with Crippen LogP contribution < -0.4 is 0 Å². The van der Waals surface area contributed by atoms with Crippen molar-refractivity contribution in [3.63, 3.8) is 0 Å². The van der Waals surface area contributed by atoms with Gasteiger partial charge in [0, 0.05) is 5.56 Å². The zero-order chi connectivity index (χ0) is 11.5. The van der Waals surface area contributed by atoms with Gasteiger partial charge in [-0.3, -0.25) is 4.79 Å². The second-order valence-electron chi connectivity index (χ2n) is 3.93. The lowest BCUT2D eigenvalue weighted by Gasteiger charge is -2.10. The second kappa shape index (κ2) is 4.63. The minimum atomic E-state index is -0.863. The van der Waals surface area contributed by atoms with Gasteiger partial charge in [0.05, 0.1) is 19.1 Å². The largest absolute Gasteiger partial charge is 0.481 e. The Kier molecular flexibility index (Phi) is 3.22. The van der Waals surface area contributed by atoms with Crippen molar-refractivity contribution in [1.29, 1.82) is 0 Å². The van der Waals surface area contributed by atoms with E-state index in [1.54, 1.807) is 0 Å². The van der Waals surface area contributed by atoms with E-state index in [0.717, 1.165) is 5.56 Å². The molecule has 0 aliphatic carbocycles. The van der Waals surface area contributed by atoms with Crippen LogP contribution >= 0.6 is 0 Å². The van der Waals surface area contributed by atoms with Gasteiger partial charge in [0.1, 0.15) is 0 Å². The van der Waals surface area contributed by atoms with Gasteiger partial charge in [-0.05, 0) is 6.92 Å². The van der Waals surface area contributed by atoms with E-state index in [-0.39, 0.29) is 12.5 Å². The number of aliphatic carboxylic acids is 1. The molecule has 0 bridgehead atoms. The first-order valence-electron chi connectivity index (χ1n) is 5.20. The molecule has 1 heterocycles. The van der Waals surface area contributed by atoms with Crippen molar-refractivity contribution in [2.24, 2.45) is 0 Å². The van der Waals surface area contributed by atoms with Crippen LogP contribution in [-0.2, 0) is 14.3 Å². The van der Waals surface area contributed by atoms with Gasteiger partial charge in [0.15, 0.2) is 6.29 Å². The maximum atomic E-state index is 10.5. The van der Waals surface area contributed by atoms with Crippen molar-refractivity contribution >= 4 is 5.97 Å². The highest BCUT2D eigenvalue weighted by Gasteiger charge is 2.28. The van der Waals surface area contributed by atoms with E-state index in [4.69, 9.17) is 14.6 Å². The third-order valence-electron chi connectivity index (χ3n) is 2.50.